The molecule has 0 saturated heterocycles. The summed E-state index contributed by atoms with van der Waals surface area (Å²) in [7, 11) is -1.70. The van der Waals surface area contributed by atoms with E-state index in [4.69, 9.17) is 9.47 Å². The molecule has 5 nitrogen and oxygen atoms in total. The van der Waals surface area contributed by atoms with Crippen LogP contribution < -0.4 is 9.47 Å². The molecule has 2 aromatic rings. The lowest BCUT2D eigenvalue weighted by Gasteiger charge is -2.26. The molecule has 0 bridgehead atoms. The predicted octanol–water partition coefficient (Wildman–Crippen LogP) is 4.24. The number of hydrogen-bond acceptors (Lipinski definition) is 5. The molecule has 0 aliphatic heterocycles. The minimum absolute atomic E-state index is 0.0238. The first kappa shape index (κ1) is 25.9. The Morgan fingerprint density at radius 2 is 0.969 bits per heavy atom. The van der Waals surface area contributed by atoms with Gasteiger partial charge in [-0.05, 0) is 62.4 Å². The molecule has 2 aromatic carbocycles. The summed E-state index contributed by atoms with van der Waals surface area (Å²) in [6.45, 7) is -0.898. The summed E-state index contributed by atoms with van der Waals surface area (Å²) in [6.07, 6.45) is -9.74. The van der Waals surface area contributed by atoms with Gasteiger partial charge in [0.1, 0.15) is 24.7 Å². The van der Waals surface area contributed by atoms with Gasteiger partial charge in [-0.15, -0.1) is 0 Å². The van der Waals surface area contributed by atoms with Crippen molar-refractivity contribution in [2.24, 2.45) is 0 Å². The van der Waals surface area contributed by atoms with Crippen LogP contribution in [0.4, 0.5) is 26.3 Å². The fourth-order valence-corrected chi connectivity index (χ4v) is 3.11. The first-order chi connectivity index (χ1) is 14.5. The molecule has 0 aromatic heterocycles. The second kappa shape index (κ2) is 9.28. The molecule has 2 unspecified atom stereocenters. The third kappa shape index (κ3) is 6.36. The third-order valence-corrected chi connectivity index (χ3v) is 5.74. The number of halogens is 6. The maximum absolute atomic E-state index is 12.6. The Morgan fingerprint density at radius 3 is 1.22 bits per heavy atom. The first-order valence-corrected chi connectivity index (χ1v) is 10.1. The fourth-order valence-electron chi connectivity index (χ4n) is 2.07. The maximum atomic E-state index is 12.6. The molecular weight excluding hydrogens is 466 g/mol. The highest BCUT2D eigenvalue weighted by molar-refractivity contribution is 7.85. The monoisotopic (exact) mass is 486 g/mol. The van der Waals surface area contributed by atoms with Crippen molar-refractivity contribution in [3.05, 3.63) is 48.5 Å². The summed E-state index contributed by atoms with van der Waals surface area (Å²) in [6, 6.07) is 10.6. The first-order valence-electron chi connectivity index (χ1n) is 8.99. The van der Waals surface area contributed by atoms with Crippen LogP contribution in [0, 0.1) is 0 Å². The van der Waals surface area contributed by atoms with Gasteiger partial charge in [0.15, 0.2) is 11.2 Å². The van der Waals surface area contributed by atoms with E-state index < -0.39 is 47.6 Å². The average Bonchev–Trinajstić information content (AvgIpc) is 2.69. The summed E-state index contributed by atoms with van der Waals surface area (Å²) < 4.78 is 98.3. The Labute approximate surface area is 182 Å². The van der Waals surface area contributed by atoms with E-state index in [9.17, 15) is 40.8 Å². The zero-order valence-corrected chi connectivity index (χ0v) is 17.6. The van der Waals surface area contributed by atoms with Crippen LogP contribution in [0.1, 0.15) is 13.8 Å². The zero-order chi connectivity index (χ0) is 24.4. The van der Waals surface area contributed by atoms with Crippen LogP contribution in [0.2, 0.25) is 0 Å². The van der Waals surface area contributed by atoms with Crippen LogP contribution in [0.25, 0.3) is 0 Å². The molecule has 0 fully saturated rings. The lowest BCUT2D eigenvalue weighted by molar-refractivity contribution is -0.260. The number of rotatable bonds is 8. The SMILES string of the molecule is CC(O)(COc1ccc(S(=O)c2ccc(OCC(C)(O)C(F)(F)F)cc2)cc1)C(F)(F)F. The molecule has 0 radical (unpaired) electrons. The van der Waals surface area contributed by atoms with Gasteiger partial charge < -0.3 is 19.7 Å². The van der Waals surface area contributed by atoms with Crippen LogP contribution in [0.5, 0.6) is 11.5 Å². The predicted molar refractivity (Wildman–Crippen MR) is 102 cm³/mol. The van der Waals surface area contributed by atoms with Crippen LogP contribution in [-0.4, -0.2) is 51.2 Å². The lowest BCUT2D eigenvalue weighted by Crippen LogP contribution is -2.47. The molecule has 12 heteroatoms. The Hall–Kier alpha value is -2.31. The highest BCUT2D eigenvalue weighted by Crippen LogP contribution is 2.32. The van der Waals surface area contributed by atoms with Crippen molar-refractivity contribution in [3.63, 3.8) is 0 Å². The minimum atomic E-state index is -4.87. The zero-order valence-electron chi connectivity index (χ0n) is 16.8. The molecule has 0 heterocycles. The summed E-state index contributed by atoms with van der Waals surface area (Å²) >= 11 is 0. The van der Waals surface area contributed by atoms with Gasteiger partial charge in [-0.25, -0.2) is 4.21 Å². The van der Waals surface area contributed by atoms with E-state index in [-0.39, 0.29) is 21.3 Å². The molecule has 0 amide bonds. The standard InChI is InChI=1S/C20H20F6O5S/c1-17(27,19(21,22)23)11-30-13-3-7-15(8-4-13)32(29)16-9-5-14(6-10-16)31-12-18(2,28)20(24,25)26/h3-10,27-28H,11-12H2,1-2H3. The molecular formula is C20H20F6O5S. The number of ether oxygens (including phenoxy) is 2. The summed E-state index contributed by atoms with van der Waals surface area (Å²) in [5.41, 5.74) is -6.07. The summed E-state index contributed by atoms with van der Waals surface area (Å²) in [5, 5.41) is 18.7. The van der Waals surface area contributed by atoms with Gasteiger partial charge in [-0.3, -0.25) is 0 Å². The van der Waals surface area contributed by atoms with E-state index in [1.165, 1.54) is 48.5 Å². The molecule has 0 saturated carbocycles. The molecule has 2 rings (SSSR count). The van der Waals surface area contributed by atoms with E-state index in [1.54, 1.807) is 0 Å². The number of alkyl halides is 6. The van der Waals surface area contributed by atoms with Gasteiger partial charge in [-0.1, -0.05) is 0 Å². The highest BCUT2D eigenvalue weighted by atomic mass is 32.2. The number of aliphatic hydroxyl groups is 2. The third-order valence-electron chi connectivity index (χ3n) is 4.34. The second-order valence-corrected chi connectivity index (χ2v) is 8.81. The van der Waals surface area contributed by atoms with Gasteiger partial charge >= 0.3 is 12.4 Å². The Kier molecular flexibility index (Phi) is 7.52. The largest absolute Gasteiger partial charge is 0.490 e. The van der Waals surface area contributed by atoms with Crippen LogP contribution in [0.15, 0.2) is 58.3 Å². The van der Waals surface area contributed by atoms with Crippen molar-refractivity contribution in [1.29, 1.82) is 0 Å². The van der Waals surface area contributed by atoms with E-state index in [2.05, 4.69) is 0 Å². The smallest absolute Gasteiger partial charge is 0.420 e. The van der Waals surface area contributed by atoms with Crippen molar-refractivity contribution >= 4 is 10.8 Å². The molecule has 2 N–H and O–H groups in total. The second-order valence-electron chi connectivity index (χ2n) is 7.33. The van der Waals surface area contributed by atoms with Crippen LogP contribution in [0.3, 0.4) is 0 Å². The Bertz CT molecular complexity index is 846. The molecule has 0 aliphatic rings. The minimum Gasteiger partial charge on any atom is -0.490 e. The molecule has 2 atom stereocenters. The van der Waals surface area contributed by atoms with Crippen molar-refractivity contribution in [3.8, 4) is 11.5 Å². The van der Waals surface area contributed by atoms with Gasteiger partial charge in [0.05, 0.1) is 10.8 Å². The topological polar surface area (TPSA) is 76.0 Å². The normalized spacial score (nSPS) is 17.2. The van der Waals surface area contributed by atoms with Gasteiger partial charge in [-0.2, -0.15) is 26.3 Å². The summed E-state index contributed by atoms with van der Waals surface area (Å²) in [5.74, 6) is 0.0477. The van der Waals surface area contributed by atoms with Crippen LogP contribution in [-0.2, 0) is 10.8 Å². The molecule has 178 valence electrons. The van der Waals surface area contributed by atoms with E-state index in [0.717, 1.165) is 0 Å². The number of benzene rings is 2. The van der Waals surface area contributed by atoms with Gasteiger partial charge in [0.2, 0.25) is 0 Å². The van der Waals surface area contributed by atoms with Crippen molar-refractivity contribution in [2.45, 2.75) is 47.2 Å². The maximum Gasteiger partial charge on any atom is 0.420 e. The van der Waals surface area contributed by atoms with E-state index in [0.29, 0.717) is 13.8 Å². The average molecular weight is 486 g/mol. The Morgan fingerprint density at radius 1 is 0.688 bits per heavy atom. The van der Waals surface area contributed by atoms with Gasteiger partial charge in [0.25, 0.3) is 0 Å². The molecule has 0 aliphatic carbocycles. The Balaban J connectivity index is 2.00. The number of hydrogen-bond donors (Lipinski definition) is 2. The molecule has 0 spiro atoms. The fraction of sp³-hybridized carbons (Fsp3) is 0.400. The van der Waals surface area contributed by atoms with Crippen molar-refractivity contribution < 1.29 is 50.2 Å². The molecule has 32 heavy (non-hydrogen) atoms. The van der Waals surface area contributed by atoms with Crippen molar-refractivity contribution in [1.82, 2.24) is 0 Å². The lowest BCUT2D eigenvalue weighted by atomic mass is 10.1. The quantitative estimate of drug-likeness (QED) is 0.546. The van der Waals surface area contributed by atoms with Crippen molar-refractivity contribution in [2.75, 3.05) is 13.2 Å². The van der Waals surface area contributed by atoms with Gasteiger partial charge in [0, 0.05) is 9.79 Å². The highest BCUT2D eigenvalue weighted by Gasteiger charge is 2.51. The van der Waals surface area contributed by atoms with E-state index >= 15 is 0 Å². The van der Waals surface area contributed by atoms with Crippen LogP contribution >= 0.6 is 0 Å². The van der Waals surface area contributed by atoms with E-state index in [1.807, 2.05) is 0 Å². The summed E-state index contributed by atoms with van der Waals surface area (Å²) in [4.78, 5) is 0.571.